The third-order valence-electron chi connectivity index (χ3n) is 5.25. The second-order valence-corrected chi connectivity index (χ2v) is 7.77. The highest BCUT2D eigenvalue weighted by Gasteiger charge is 2.44. The number of aliphatic imine (C=N–C) groups is 1. The number of carbonyl (C=O) groups excluding carboxylic acids is 1. The van der Waals surface area contributed by atoms with Gasteiger partial charge in [0.15, 0.2) is 12.2 Å². The monoisotopic (exact) mass is 482 g/mol. The summed E-state index contributed by atoms with van der Waals surface area (Å²) in [6.07, 6.45) is -0.321. The van der Waals surface area contributed by atoms with E-state index in [-0.39, 0.29) is 35.1 Å². The quantitative estimate of drug-likeness (QED) is 0.129. The molecular weight excluding hydrogens is 464 g/mol. The fourth-order valence-electron chi connectivity index (χ4n) is 3.53. The summed E-state index contributed by atoms with van der Waals surface area (Å²) in [4.78, 5) is 42.4. The van der Waals surface area contributed by atoms with Crippen molar-refractivity contribution in [3.63, 3.8) is 0 Å². The first-order chi connectivity index (χ1) is 16.3. The Hall–Kier alpha value is -4.39. The van der Waals surface area contributed by atoms with Crippen LogP contribution in [0.1, 0.15) is 12.1 Å². The third-order valence-corrected chi connectivity index (χ3v) is 5.67. The lowest BCUT2D eigenvalue weighted by Crippen LogP contribution is -2.44. The first-order valence-corrected chi connectivity index (χ1v) is 10.4. The van der Waals surface area contributed by atoms with Crippen molar-refractivity contribution in [1.29, 1.82) is 0 Å². The predicted octanol–water partition coefficient (Wildman–Crippen LogP) is 0.683. The number of nitro groups is 1. The number of rotatable bonds is 7. The lowest BCUT2D eigenvalue weighted by Gasteiger charge is -2.23. The Kier molecular flexibility index (Phi) is 6.19. The van der Waals surface area contributed by atoms with E-state index in [1.54, 1.807) is 37.4 Å². The Bertz CT molecular complexity index is 1330. The van der Waals surface area contributed by atoms with Gasteiger partial charge in [-0.25, -0.2) is 4.79 Å². The van der Waals surface area contributed by atoms with Crippen molar-refractivity contribution >= 4 is 46.2 Å². The lowest BCUT2D eigenvalue weighted by molar-refractivity contribution is -0.746. The number of aryl methyl sites for hydroxylation is 1. The molecule has 4 rings (SSSR count). The summed E-state index contributed by atoms with van der Waals surface area (Å²) in [5, 5.41) is 26.1. The molecule has 0 bridgehead atoms. The van der Waals surface area contributed by atoms with E-state index in [4.69, 9.17) is 16.7 Å². The molecule has 1 atom stereocenters. The molecule has 0 spiro atoms. The van der Waals surface area contributed by atoms with Gasteiger partial charge in [0.2, 0.25) is 0 Å². The fraction of sp³-hybridized carbons (Fsp3) is 0.190. The zero-order valence-electron chi connectivity index (χ0n) is 17.8. The molecule has 12 nitrogen and oxygen atoms in total. The van der Waals surface area contributed by atoms with Gasteiger partial charge in [-0.2, -0.15) is 0 Å². The maximum atomic E-state index is 13.3. The molecule has 0 saturated carbocycles. The zero-order valence-corrected chi connectivity index (χ0v) is 18.6. The third kappa shape index (κ3) is 4.41. The average molecular weight is 482 g/mol. The molecule has 1 N–H and O–H groups in total. The summed E-state index contributed by atoms with van der Waals surface area (Å²) in [5.74, 6) is -1.06. The van der Waals surface area contributed by atoms with Crippen LogP contribution in [0.5, 0.6) is 0 Å². The normalized spacial score (nSPS) is 16.4. The van der Waals surface area contributed by atoms with Crippen LogP contribution >= 0.6 is 12.2 Å². The first-order valence-electron chi connectivity index (χ1n) is 10.0. The number of anilines is 1. The van der Waals surface area contributed by atoms with Crippen molar-refractivity contribution in [2.45, 2.75) is 19.0 Å². The van der Waals surface area contributed by atoms with Crippen LogP contribution in [0.15, 0.2) is 68.9 Å². The summed E-state index contributed by atoms with van der Waals surface area (Å²) >= 11 is 5.55. The topological polar surface area (TPSA) is 152 Å². The summed E-state index contributed by atoms with van der Waals surface area (Å²) in [6, 6.07) is 12.8. The predicted molar refractivity (Wildman–Crippen MR) is 121 cm³/mol. The maximum absolute atomic E-state index is 13.3. The second kappa shape index (κ2) is 9.23. The molecule has 1 aromatic heterocycles. The van der Waals surface area contributed by atoms with E-state index < -0.39 is 28.4 Å². The van der Waals surface area contributed by atoms with Gasteiger partial charge in [-0.15, -0.1) is 0 Å². The molecule has 2 heterocycles. The molecule has 34 heavy (non-hydrogen) atoms. The van der Waals surface area contributed by atoms with E-state index in [1.807, 2.05) is 0 Å². The van der Waals surface area contributed by atoms with E-state index in [2.05, 4.69) is 10.3 Å². The van der Waals surface area contributed by atoms with Crippen molar-refractivity contribution in [3.05, 3.63) is 80.8 Å². The molecule has 1 saturated heterocycles. The van der Waals surface area contributed by atoms with Crippen LogP contribution in [-0.2, 0) is 18.4 Å². The molecule has 13 heteroatoms. The van der Waals surface area contributed by atoms with E-state index in [1.165, 1.54) is 38.7 Å². The molecule has 2 aromatic carbocycles. The van der Waals surface area contributed by atoms with Crippen LogP contribution in [0.4, 0.5) is 17.1 Å². The summed E-state index contributed by atoms with van der Waals surface area (Å²) < 4.78 is 6.14. The minimum atomic E-state index is -1.02. The van der Waals surface area contributed by atoms with Crippen LogP contribution in [0.2, 0.25) is 0 Å². The number of nitro benzene ring substituents is 1. The smallest absolute Gasteiger partial charge is 0.431 e. The molecule has 0 aliphatic carbocycles. The number of nitrogens with zero attached hydrogens (tertiary/aromatic N) is 5. The van der Waals surface area contributed by atoms with E-state index >= 15 is 0 Å². The van der Waals surface area contributed by atoms with Crippen LogP contribution in [0, 0.1) is 10.1 Å². The van der Waals surface area contributed by atoms with Crippen LogP contribution in [0.25, 0.3) is 0 Å². The van der Waals surface area contributed by atoms with Crippen molar-refractivity contribution in [2.24, 2.45) is 12.0 Å². The number of para-hydroxylation sites is 1. The number of nitrogens with one attached hydrogen (secondary N) is 1. The SMILES string of the molecule is C[n+]1[nH]oc(=O)c1CN1C(=S)N(c2ccccc2)C(=O)C1CC([O-])=Nc1ccc([N+](=O)[O-])cc1. The average Bonchev–Trinajstić information content (AvgIpc) is 3.25. The molecule has 3 aromatic rings. The van der Waals surface area contributed by atoms with Crippen LogP contribution in [-0.4, -0.2) is 38.1 Å². The van der Waals surface area contributed by atoms with Gasteiger partial charge in [-0.1, -0.05) is 22.9 Å². The molecule has 174 valence electrons. The Morgan fingerprint density at radius 2 is 1.88 bits per heavy atom. The van der Waals surface area contributed by atoms with Gasteiger partial charge in [0.05, 0.1) is 16.3 Å². The molecule has 1 fully saturated rings. The van der Waals surface area contributed by atoms with Crippen LogP contribution in [0.3, 0.4) is 0 Å². The number of aromatic nitrogens is 2. The van der Waals surface area contributed by atoms with Crippen molar-refractivity contribution in [2.75, 3.05) is 4.90 Å². The fourth-order valence-corrected chi connectivity index (χ4v) is 3.91. The summed E-state index contributed by atoms with van der Waals surface area (Å²) in [7, 11) is 1.57. The van der Waals surface area contributed by atoms with Gasteiger partial charge in [-0.3, -0.25) is 29.3 Å². The molecule has 1 aliphatic heterocycles. The Morgan fingerprint density at radius 3 is 2.47 bits per heavy atom. The van der Waals surface area contributed by atoms with Crippen LogP contribution < -0.4 is 20.3 Å². The largest absolute Gasteiger partial charge is 0.862 e. The number of aromatic amines is 1. The number of thiocarbonyl (C=S) groups is 1. The minimum Gasteiger partial charge on any atom is -0.862 e. The standard InChI is InChI=1S/C21H18N6O6S/c1-24-17(20(30)33-23-24)12-25-16(19(29)26(21(25)34)14-5-3-2-4-6-14)11-18(28)22-13-7-9-15(10-8-13)27(31)32/h2-10,16H,11-12H2,1H3,(H-,22,23,28,30). The molecule has 0 radical (unpaired) electrons. The number of hydrogen-bond acceptors (Lipinski definition) is 8. The highest BCUT2D eigenvalue weighted by Crippen LogP contribution is 2.28. The number of H-pyrrole nitrogens is 1. The van der Waals surface area contributed by atoms with E-state index in [0.29, 0.717) is 5.69 Å². The molecular formula is C21H18N6O6S. The molecule has 1 amide bonds. The first kappa shape index (κ1) is 22.8. The Balaban J connectivity index is 1.65. The lowest BCUT2D eigenvalue weighted by atomic mass is 10.1. The number of amides is 1. The second-order valence-electron chi connectivity index (χ2n) is 7.41. The van der Waals surface area contributed by atoms with Gasteiger partial charge in [-0.05, 0) is 47.7 Å². The number of hydrogen-bond donors (Lipinski definition) is 1. The molecule has 1 aliphatic rings. The summed E-state index contributed by atoms with van der Waals surface area (Å²) in [5.41, 5.74) is 0.181. The van der Waals surface area contributed by atoms with Crippen molar-refractivity contribution in [3.8, 4) is 0 Å². The highest BCUT2D eigenvalue weighted by molar-refractivity contribution is 7.80. The van der Waals surface area contributed by atoms with E-state index in [0.717, 1.165) is 0 Å². The van der Waals surface area contributed by atoms with Gasteiger partial charge in [0.25, 0.3) is 11.6 Å². The van der Waals surface area contributed by atoms with Gasteiger partial charge in [0.1, 0.15) is 12.6 Å². The van der Waals surface area contributed by atoms with Gasteiger partial charge in [0, 0.05) is 18.6 Å². The number of benzene rings is 2. The maximum Gasteiger partial charge on any atom is 0.431 e. The summed E-state index contributed by atoms with van der Waals surface area (Å²) in [6.45, 7) is -0.0777. The Morgan fingerprint density at radius 1 is 1.21 bits per heavy atom. The minimum absolute atomic E-state index is 0.0777. The number of carbonyl (C=O) groups is 1. The molecule has 1 unspecified atom stereocenters. The van der Waals surface area contributed by atoms with Crippen molar-refractivity contribution in [1.82, 2.24) is 10.2 Å². The van der Waals surface area contributed by atoms with Gasteiger partial charge < -0.3 is 10.0 Å². The highest BCUT2D eigenvalue weighted by atomic mass is 32.1. The van der Waals surface area contributed by atoms with Crippen molar-refractivity contribution < 1.29 is 24.0 Å². The number of non-ortho nitro benzene ring substituents is 1. The van der Waals surface area contributed by atoms with E-state index in [9.17, 15) is 24.8 Å². The Labute approximate surface area is 197 Å². The zero-order chi connectivity index (χ0) is 24.4. The van der Waals surface area contributed by atoms with Gasteiger partial charge >= 0.3 is 11.3 Å².